The number of nitrogens with two attached hydrogens (primary N) is 1. The van der Waals surface area contributed by atoms with Crippen LogP contribution in [-0.2, 0) is 0 Å². The van der Waals surface area contributed by atoms with Crippen molar-refractivity contribution in [3.63, 3.8) is 0 Å². The lowest BCUT2D eigenvalue weighted by atomic mass is 9.85. The number of methoxy groups -OCH3 is 1. The van der Waals surface area contributed by atoms with Gasteiger partial charge in [0.25, 0.3) is 0 Å². The molecule has 3 rings (SSSR count). The Bertz CT molecular complexity index is 734. The van der Waals surface area contributed by atoms with Crippen LogP contribution in [0.25, 0.3) is 0 Å². The van der Waals surface area contributed by atoms with Crippen LogP contribution in [0.2, 0.25) is 0 Å². The molecule has 0 fully saturated rings. The van der Waals surface area contributed by atoms with E-state index < -0.39 is 0 Å². The summed E-state index contributed by atoms with van der Waals surface area (Å²) in [5.41, 5.74) is 8.77. The molecule has 0 spiro atoms. The quantitative estimate of drug-likeness (QED) is 0.883. The number of hydrogen-bond donors (Lipinski definition) is 1. The summed E-state index contributed by atoms with van der Waals surface area (Å²) in [5, 5.41) is 9.28. The molecule has 20 heavy (non-hydrogen) atoms. The van der Waals surface area contributed by atoms with Crippen molar-refractivity contribution in [2.75, 3.05) is 7.11 Å². The average molecular weight is 264 g/mol. The molecule has 5 nitrogen and oxygen atoms in total. The monoisotopic (exact) mass is 264 g/mol. The summed E-state index contributed by atoms with van der Waals surface area (Å²) < 4.78 is 5.20. The fourth-order valence-corrected chi connectivity index (χ4v) is 2.42. The molecule has 0 amide bonds. The summed E-state index contributed by atoms with van der Waals surface area (Å²) in [6, 6.07) is 4.04. The van der Waals surface area contributed by atoms with E-state index in [-0.39, 0.29) is 11.8 Å². The van der Waals surface area contributed by atoms with Crippen LogP contribution in [-0.4, -0.2) is 17.9 Å². The third-order valence-corrected chi connectivity index (χ3v) is 3.35. The predicted molar refractivity (Wildman–Crippen MR) is 75.0 cm³/mol. The van der Waals surface area contributed by atoms with Crippen molar-refractivity contribution in [2.24, 2.45) is 10.7 Å². The van der Waals surface area contributed by atoms with Crippen LogP contribution < -0.4 is 10.5 Å². The predicted octanol–water partition coefficient (Wildman–Crippen LogP) is 1.82. The molecule has 0 aromatic carbocycles. The lowest BCUT2D eigenvalue weighted by molar-refractivity contribution is 0.412. The number of aliphatic imine (C=N–C) groups is 1. The lowest BCUT2D eigenvalue weighted by Crippen LogP contribution is -2.12. The minimum absolute atomic E-state index is 0.0861. The Morgan fingerprint density at radius 2 is 2.25 bits per heavy atom. The van der Waals surface area contributed by atoms with Crippen molar-refractivity contribution in [2.45, 2.75) is 5.92 Å². The molecule has 98 valence electrons. The van der Waals surface area contributed by atoms with Crippen LogP contribution in [0.1, 0.15) is 11.5 Å². The van der Waals surface area contributed by atoms with E-state index >= 15 is 0 Å². The van der Waals surface area contributed by atoms with Gasteiger partial charge in [-0.25, -0.2) is 4.99 Å². The van der Waals surface area contributed by atoms with Crippen molar-refractivity contribution < 1.29 is 4.74 Å². The van der Waals surface area contributed by atoms with Gasteiger partial charge in [-0.15, -0.1) is 0 Å². The van der Waals surface area contributed by atoms with E-state index in [2.05, 4.69) is 16.0 Å². The summed E-state index contributed by atoms with van der Waals surface area (Å²) >= 11 is 0. The molecule has 1 unspecified atom stereocenters. The van der Waals surface area contributed by atoms with Crippen molar-refractivity contribution in [3.8, 4) is 11.8 Å². The zero-order valence-corrected chi connectivity index (χ0v) is 10.9. The maximum atomic E-state index is 9.28. The Hall–Kier alpha value is -2.87. The zero-order valence-electron chi connectivity index (χ0n) is 10.9. The van der Waals surface area contributed by atoms with Gasteiger partial charge < -0.3 is 10.5 Å². The van der Waals surface area contributed by atoms with Gasteiger partial charge in [0.1, 0.15) is 23.2 Å². The van der Waals surface area contributed by atoms with Gasteiger partial charge in [-0.05, 0) is 17.7 Å². The molecule has 2 aliphatic rings. The fourth-order valence-electron chi connectivity index (χ4n) is 2.42. The van der Waals surface area contributed by atoms with Crippen molar-refractivity contribution in [1.29, 1.82) is 5.26 Å². The molecular formula is C15H12N4O. The minimum atomic E-state index is -0.0861. The van der Waals surface area contributed by atoms with Gasteiger partial charge in [-0.3, -0.25) is 4.98 Å². The summed E-state index contributed by atoms with van der Waals surface area (Å²) in [6.07, 6.45) is 9.18. The smallest absolute Gasteiger partial charge is 0.142 e. The first kappa shape index (κ1) is 12.2. The van der Waals surface area contributed by atoms with Gasteiger partial charge in [0.2, 0.25) is 0 Å². The Kier molecular flexibility index (Phi) is 2.84. The molecule has 1 atom stereocenters. The van der Waals surface area contributed by atoms with Crippen LogP contribution in [0.15, 0.2) is 58.5 Å². The minimum Gasteiger partial charge on any atom is -0.495 e. The van der Waals surface area contributed by atoms with Crippen molar-refractivity contribution >= 4 is 5.84 Å². The van der Waals surface area contributed by atoms with Crippen molar-refractivity contribution in [3.05, 3.63) is 59.1 Å². The highest BCUT2D eigenvalue weighted by Gasteiger charge is 2.30. The van der Waals surface area contributed by atoms with E-state index in [1.165, 1.54) is 0 Å². The molecule has 1 aliphatic heterocycles. The third-order valence-electron chi connectivity index (χ3n) is 3.35. The highest BCUT2D eigenvalue weighted by molar-refractivity contribution is 6.06. The summed E-state index contributed by atoms with van der Waals surface area (Å²) in [6.45, 7) is 0. The van der Waals surface area contributed by atoms with Crippen LogP contribution in [0.4, 0.5) is 0 Å². The molecular weight excluding hydrogens is 252 g/mol. The Labute approximate surface area is 116 Å². The lowest BCUT2D eigenvalue weighted by Gasteiger charge is -2.19. The molecule has 2 heterocycles. The van der Waals surface area contributed by atoms with E-state index in [0.29, 0.717) is 11.3 Å². The third kappa shape index (κ3) is 1.79. The van der Waals surface area contributed by atoms with E-state index in [0.717, 1.165) is 16.8 Å². The van der Waals surface area contributed by atoms with Gasteiger partial charge in [-0.2, -0.15) is 5.26 Å². The van der Waals surface area contributed by atoms with E-state index in [1.54, 1.807) is 19.5 Å². The zero-order chi connectivity index (χ0) is 14.1. The van der Waals surface area contributed by atoms with E-state index in [4.69, 9.17) is 10.5 Å². The number of ether oxygens (including phenoxy) is 1. The number of nitriles is 1. The second-order valence-electron chi connectivity index (χ2n) is 4.47. The first-order chi connectivity index (χ1) is 9.74. The van der Waals surface area contributed by atoms with Crippen LogP contribution >= 0.6 is 0 Å². The molecule has 0 saturated carbocycles. The number of fused-ring (bicyclic) bond motifs is 1. The van der Waals surface area contributed by atoms with E-state index in [1.807, 2.05) is 24.3 Å². The summed E-state index contributed by atoms with van der Waals surface area (Å²) in [7, 11) is 1.60. The molecule has 2 N–H and O–H groups in total. The van der Waals surface area contributed by atoms with Crippen molar-refractivity contribution in [1.82, 2.24) is 4.98 Å². The maximum Gasteiger partial charge on any atom is 0.142 e. The SMILES string of the molecule is COc1cncc(C2C=CC=C3N=C(N)C(C#N)=C32)c1. The van der Waals surface area contributed by atoms with Crippen LogP contribution in [0.5, 0.6) is 5.75 Å². The molecule has 1 aliphatic carbocycles. The number of nitrogens with zero attached hydrogens (tertiary/aromatic N) is 3. The number of rotatable bonds is 2. The molecule has 5 heteroatoms. The van der Waals surface area contributed by atoms with Gasteiger partial charge in [0, 0.05) is 17.7 Å². The molecule has 1 aromatic rings. The summed E-state index contributed by atoms with van der Waals surface area (Å²) in [4.78, 5) is 8.40. The normalized spacial score (nSPS) is 20.1. The first-order valence-electron chi connectivity index (χ1n) is 6.11. The van der Waals surface area contributed by atoms with Crippen LogP contribution in [0.3, 0.4) is 0 Å². The summed E-state index contributed by atoms with van der Waals surface area (Å²) in [5.74, 6) is 0.869. The van der Waals surface area contributed by atoms with Gasteiger partial charge in [-0.1, -0.05) is 12.2 Å². The second kappa shape index (κ2) is 4.67. The Morgan fingerprint density at radius 3 is 3.00 bits per heavy atom. The largest absolute Gasteiger partial charge is 0.495 e. The number of aromatic nitrogens is 1. The number of pyridine rings is 1. The Balaban J connectivity index is 2.11. The topological polar surface area (TPSA) is 84.3 Å². The van der Waals surface area contributed by atoms with Gasteiger partial charge in [0.15, 0.2) is 0 Å². The standard InChI is InChI=1S/C15H12N4O/c1-20-10-5-9(7-18-8-10)11-3-2-4-13-14(11)12(6-16)15(17)19-13/h2-5,7-8,11H,1H3,(H2,17,19). The molecule has 0 saturated heterocycles. The maximum absolute atomic E-state index is 9.28. The Morgan fingerprint density at radius 1 is 1.40 bits per heavy atom. The van der Waals surface area contributed by atoms with Gasteiger partial charge in [0.05, 0.1) is 19.0 Å². The number of allylic oxidation sites excluding steroid dienone is 4. The highest BCUT2D eigenvalue weighted by Crippen LogP contribution is 2.40. The fraction of sp³-hybridized carbons (Fsp3) is 0.133. The van der Waals surface area contributed by atoms with Crippen LogP contribution in [0, 0.1) is 11.3 Å². The highest BCUT2D eigenvalue weighted by atomic mass is 16.5. The molecule has 1 aromatic heterocycles. The van der Waals surface area contributed by atoms with E-state index in [9.17, 15) is 5.26 Å². The first-order valence-corrected chi connectivity index (χ1v) is 6.11. The second-order valence-corrected chi connectivity index (χ2v) is 4.47. The van der Waals surface area contributed by atoms with Gasteiger partial charge >= 0.3 is 0 Å². The molecule has 0 bridgehead atoms. The molecule has 0 radical (unpaired) electrons. The number of hydrogen-bond acceptors (Lipinski definition) is 5. The number of amidine groups is 1. The average Bonchev–Trinajstić information content (AvgIpc) is 2.82.